The summed E-state index contributed by atoms with van der Waals surface area (Å²) in [5.41, 5.74) is 2.09. The van der Waals surface area contributed by atoms with Gasteiger partial charge in [-0.1, -0.05) is 23.8 Å². The van der Waals surface area contributed by atoms with Gasteiger partial charge in [-0.15, -0.1) is 0 Å². The summed E-state index contributed by atoms with van der Waals surface area (Å²) in [5.74, 6) is -0.669. The molecular formula is C20H20F2N2O3. The number of anilines is 1. The number of hydrogen-bond donors (Lipinski definition) is 0. The van der Waals surface area contributed by atoms with Crippen molar-refractivity contribution in [1.82, 2.24) is 4.90 Å². The zero-order valence-electron chi connectivity index (χ0n) is 15.1. The summed E-state index contributed by atoms with van der Waals surface area (Å²) in [5, 5.41) is 0. The Morgan fingerprint density at radius 2 is 1.89 bits per heavy atom. The van der Waals surface area contributed by atoms with Crippen molar-refractivity contribution in [2.45, 2.75) is 26.5 Å². The van der Waals surface area contributed by atoms with Crippen molar-refractivity contribution in [3.8, 4) is 5.75 Å². The van der Waals surface area contributed by atoms with E-state index in [1.165, 1.54) is 29.2 Å². The fourth-order valence-electron chi connectivity index (χ4n) is 3.07. The summed E-state index contributed by atoms with van der Waals surface area (Å²) in [6, 6.07) is 13.0. The summed E-state index contributed by atoms with van der Waals surface area (Å²) < 4.78 is 29.1. The molecule has 0 radical (unpaired) electrons. The molecule has 5 nitrogen and oxygen atoms in total. The van der Waals surface area contributed by atoms with Gasteiger partial charge in [0.1, 0.15) is 12.3 Å². The van der Waals surface area contributed by atoms with E-state index in [2.05, 4.69) is 4.74 Å². The van der Waals surface area contributed by atoms with E-state index in [0.29, 0.717) is 6.54 Å². The third-order valence-electron chi connectivity index (χ3n) is 4.50. The Kier molecular flexibility index (Phi) is 5.39. The molecule has 1 aliphatic rings. The lowest BCUT2D eigenvalue weighted by molar-refractivity contribution is -0.121. The molecule has 0 saturated carbocycles. The molecule has 2 aromatic rings. The maximum Gasteiger partial charge on any atom is 0.387 e. The Labute approximate surface area is 156 Å². The Bertz CT molecular complexity index is 839. The van der Waals surface area contributed by atoms with Gasteiger partial charge in [0.25, 0.3) is 5.91 Å². The number of ether oxygens (including phenoxy) is 1. The average molecular weight is 374 g/mol. The highest BCUT2D eigenvalue weighted by atomic mass is 19.3. The number of halogens is 2. The largest absolute Gasteiger partial charge is 0.435 e. The van der Waals surface area contributed by atoms with Gasteiger partial charge in [-0.2, -0.15) is 8.78 Å². The van der Waals surface area contributed by atoms with E-state index < -0.39 is 6.61 Å². The van der Waals surface area contributed by atoms with Crippen LogP contribution in [0.3, 0.4) is 0 Å². The number of hydrogen-bond acceptors (Lipinski definition) is 3. The molecule has 3 rings (SSSR count). The monoisotopic (exact) mass is 374 g/mol. The van der Waals surface area contributed by atoms with E-state index in [1.807, 2.05) is 38.1 Å². The topological polar surface area (TPSA) is 49.9 Å². The number of nitrogens with zero attached hydrogens (tertiary/aromatic N) is 2. The van der Waals surface area contributed by atoms with Gasteiger partial charge in [-0.3, -0.25) is 9.59 Å². The minimum atomic E-state index is -2.96. The molecule has 142 valence electrons. The van der Waals surface area contributed by atoms with Gasteiger partial charge in [0, 0.05) is 23.8 Å². The van der Waals surface area contributed by atoms with Crippen molar-refractivity contribution in [3.05, 3.63) is 59.7 Å². The highest BCUT2D eigenvalue weighted by Crippen LogP contribution is 2.23. The Balaban J connectivity index is 1.76. The summed E-state index contributed by atoms with van der Waals surface area (Å²) in [4.78, 5) is 28.5. The lowest BCUT2D eigenvalue weighted by Crippen LogP contribution is -2.57. The second kappa shape index (κ2) is 7.73. The van der Waals surface area contributed by atoms with Crippen LogP contribution in [0.25, 0.3) is 0 Å². The second-order valence-corrected chi connectivity index (χ2v) is 6.53. The van der Waals surface area contributed by atoms with Crippen molar-refractivity contribution < 1.29 is 23.1 Å². The third-order valence-corrected chi connectivity index (χ3v) is 4.50. The standard InChI is InChI=1S/C20H20F2N2O3/c1-13-6-8-16(9-7-13)24-11-14(2)23(12-18(24)25)19(26)15-4-3-5-17(10-15)27-20(21)22/h3-10,14,20H,11-12H2,1-2H3/t14-/m1/s1. The third kappa shape index (κ3) is 4.24. The van der Waals surface area contributed by atoms with E-state index in [-0.39, 0.29) is 35.7 Å². The van der Waals surface area contributed by atoms with Gasteiger partial charge in [-0.25, -0.2) is 0 Å². The number of amides is 2. The quantitative estimate of drug-likeness (QED) is 0.823. The first-order chi connectivity index (χ1) is 12.8. The first kappa shape index (κ1) is 18.8. The summed E-state index contributed by atoms with van der Waals surface area (Å²) >= 11 is 0. The SMILES string of the molecule is Cc1ccc(N2C[C@@H](C)N(C(=O)c3cccc(OC(F)F)c3)CC2=O)cc1. The van der Waals surface area contributed by atoms with Crippen LogP contribution in [0.2, 0.25) is 0 Å². The van der Waals surface area contributed by atoms with Crippen molar-refractivity contribution in [2.75, 3.05) is 18.0 Å². The molecule has 1 saturated heterocycles. The molecular weight excluding hydrogens is 354 g/mol. The van der Waals surface area contributed by atoms with Crippen LogP contribution in [0.4, 0.5) is 14.5 Å². The molecule has 1 atom stereocenters. The highest BCUT2D eigenvalue weighted by molar-refractivity contribution is 6.02. The fraction of sp³-hybridized carbons (Fsp3) is 0.300. The predicted molar refractivity (Wildman–Crippen MR) is 97.1 cm³/mol. The summed E-state index contributed by atoms with van der Waals surface area (Å²) in [7, 11) is 0. The van der Waals surface area contributed by atoms with E-state index in [4.69, 9.17) is 0 Å². The highest BCUT2D eigenvalue weighted by Gasteiger charge is 2.33. The maximum absolute atomic E-state index is 12.8. The van der Waals surface area contributed by atoms with Crippen LogP contribution >= 0.6 is 0 Å². The van der Waals surface area contributed by atoms with Crippen LogP contribution in [-0.4, -0.2) is 42.5 Å². The van der Waals surface area contributed by atoms with Crippen molar-refractivity contribution in [3.63, 3.8) is 0 Å². The molecule has 0 spiro atoms. The lowest BCUT2D eigenvalue weighted by atomic mass is 10.1. The number of benzene rings is 2. The molecule has 0 unspecified atom stereocenters. The van der Waals surface area contributed by atoms with Gasteiger partial charge in [0.2, 0.25) is 5.91 Å². The van der Waals surface area contributed by atoms with Crippen LogP contribution in [0.1, 0.15) is 22.8 Å². The predicted octanol–water partition coefficient (Wildman–Crippen LogP) is 3.47. The van der Waals surface area contributed by atoms with Gasteiger partial charge in [0.05, 0.1) is 0 Å². The molecule has 7 heteroatoms. The van der Waals surface area contributed by atoms with Crippen LogP contribution < -0.4 is 9.64 Å². The summed E-state index contributed by atoms with van der Waals surface area (Å²) in [6.07, 6.45) is 0. The molecule has 27 heavy (non-hydrogen) atoms. The van der Waals surface area contributed by atoms with Crippen molar-refractivity contribution in [2.24, 2.45) is 0 Å². The van der Waals surface area contributed by atoms with Crippen molar-refractivity contribution in [1.29, 1.82) is 0 Å². The molecule has 1 heterocycles. The zero-order chi connectivity index (χ0) is 19.6. The number of aryl methyl sites for hydroxylation is 1. The molecule has 1 fully saturated rings. The number of carbonyl (C=O) groups is 2. The second-order valence-electron chi connectivity index (χ2n) is 6.53. The average Bonchev–Trinajstić information content (AvgIpc) is 2.63. The smallest absolute Gasteiger partial charge is 0.387 e. The van der Waals surface area contributed by atoms with Crippen LogP contribution in [0.15, 0.2) is 48.5 Å². The molecule has 2 amide bonds. The van der Waals surface area contributed by atoms with Crippen LogP contribution in [0, 0.1) is 6.92 Å². The molecule has 2 aromatic carbocycles. The molecule has 0 aliphatic carbocycles. The normalized spacial score (nSPS) is 17.4. The molecule has 0 aromatic heterocycles. The van der Waals surface area contributed by atoms with E-state index >= 15 is 0 Å². The Morgan fingerprint density at radius 3 is 2.56 bits per heavy atom. The van der Waals surface area contributed by atoms with Gasteiger partial charge >= 0.3 is 6.61 Å². The lowest BCUT2D eigenvalue weighted by Gasteiger charge is -2.39. The van der Waals surface area contributed by atoms with Crippen LogP contribution in [0.5, 0.6) is 5.75 Å². The number of piperazine rings is 1. The Hall–Kier alpha value is -2.96. The van der Waals surface area contributed by atoms with Crippen molar-refractivity contribution >= 4 is 17.5 Å². The van der Waals surface area contributed by atoms with Gasteiger partial charge in [0.15, 0.2) is 0 Å². The van der Waals surface area contributed by atoms with Gasteiger partial charge in [-0.05, 0) is 44.2 Å². The maximum atomic E-state index is 12.8. The Morgan fingerprint density at radius 1 is 1.19 bits per heavy atom. The van der Waals surface area contributed by atoms with E-state index in [9.17, 15) is 18.4 Å². The van der Waals surface area contributed by atoms with Gasteiger partial charge < -0.3 is 14.5 Å². The first-order valence-corrected chi connectivity index (χ1v) is 8.58. The zero-order valence-corrected chi connectivity index (χ0v) is 15.1. The molecule has 0 bridgehead atoms. The molecule has 0 N–H and O–H groups in total. The number of rotatable bonds is 4. The summed E-state index contributed by atoms with van der Waals surface area (Å²) in [6.45, 7) is 1.14. The minimum absolute atomic E-state index is 0.0756. The minimum Gasteiger partial charge on any atom is -0.435 e. The molecule has 1 aliphatic heterocycles. The first-order valence-electron chi connectivity index (χ1n) is 8.58. The van der Waals surface area contributed by atoms with E-state index in [1.54, 1.807) is 4.90 Å². The number of carbonyl (C=O) groups excluding carboxylic acids is 2. The van der Waals surface area contributed by atoms with Crippen LogP contribution in [-0.2, 0) is 4.79 Å². The number of alkyl halides is 2. The van der Waals surface area contributed by atoms with E-state index in [0.717, 1.165) is 11.3 Å². The fourth-order valence-corrected chi connectivity index (χ4v) is 3.07.